The Labute approximate surface area is 122 Å². The van der Waals surface area contributed by atoms with Crippen molar-refractivity contribution in [3.63, 3.8) is 0 Å². The van der Waals surface area contributed by atoms with Gasteiger partial charge in [0.25, 0.3) is 0 Å². The highest BCUT2D eigenvalue weighted by molar-refractivity contribution is 7.91. The number of β-amino-alcohol motifs (C(OH)–C–C–N with tert-alkyl or cyclic N) is 1. The van der Waals surface area contributed by atoms with Gasteiger partial charge in [-0.15, -0.1) is 11.3 Å². The Bertz CT molecular complexity index is 671. The Balaban J connectivity index is 2.57. The van der Waals surface area contributed by atoms with Gasteiger partial charge in [-0.2, -0.15) is 5.26 Å². The van der Waals surface area contributed by atoms with E-state index >= 15 is 0 Å². The van der Waals surface area contributed by atoms with E-state index in [0.717, 1.165) is 11.3 Å². The van der Waals surface area contributed by atoms with Crippen LogP contribution in [0.5, 0.6) is 0 Å². The zero-order valence-electron chi connectivity index (χ0n) is 11.4. The lowest BCUT2D eigenvalue weighted by molar-refractivity contribution is 0.0839. The molecule has 1 saturated heterocycles. The molecule has 1 fully saturated rings. The van der Waals surface area contributed by atoms with Gasteiger partial charge in [0, 0.05) is 13.1 Å². The first-order valence-electron chi connectivity index (χ1n) is 6.24. The minimum atomic E-state index is -3.51. The van der Waals surface area contributed by atoms with Gasteiger partial charge < -0.3 is 15.7 Å². The van der Waals surface area contributed by atoms with Crippen molar-refractivity contribution in [2.24, 2.45) is 0 Å². The third-order valence-electron chi connectivity index (χ3n) is 3.41. The van der Waals surface area contributed by atoms with Gasteiger partial charge in [0.2, 0.25) is 0 Å². The predicted molar refractivity (Wildman–Crippen MR) is 78.6 cm³/mol. The maximum atomic E-state index is 12.2. The van der Waals surface area contributed by atoms with E-state index in [9.17, 15) is 13.5 Å². The first-order chi connectivity index (χ1) is 9.22. The van der Waals surface area contributed by atoms with Crippen molar-refractivity contribution in [2.75, 3.05) is 29.5 Å². The van der Waals surface area contributed by atoms with Gasteiger partial charge >= 0.3 is 0 Å². The van der Waals surface area contributed by atoms with Crippen molar-refractivity contribution in [3.8, 4) is 6.07 Å². The van der Waals surface area contributed by atoms with Crippen molar-refractivity contribution in [3.05, 3.63) is 4.88 Å². The van der Waals surface area contributed by atoms with E-state index in [1.54, 1.807) is 18.7 Å². The normalized spacial score (nSPS) is 23.0. The van der Waals surface area contributed by atoms with Gasteiger partial charge in [-0.3, -0.25) is 0 Å². The van der Waals surface area contributed by atoms with Crippen LogP contribution in [0.15, 0.2) is 4.90 Å². The van der Waals surface area contributed by atoms with Crippen molar-refractivity contribution in [1.29, 1.82) is 5.26 Å². The number of sulfone groups is 1. The van der Waals surface area contributed by atoms with Crippen LogP contribution in [0.2, 0.25) is 0 Å². The van der Waals surface area contributed by atoms with Crippen molar-refractivity contribution in [1.82, 2.24) is 0 Å². The second kappa shape index (κ2) is 4.91. The first-order valence-corrected chi connectivity index (χ1v) is 8.71. The molecule has 8 heteroatoms. The van der Waals surface area contributed by atoms with Crippen LogP contribution < -0.4 is 10.6 Å². The second-order valence-electron chi connectivity index (χ2n) is 5.16. The topological polar surface area (TPSA) is 107 Å². The molecule has 0 radical (unpaired) electrons. The fraction of sp³-hybridized carbons (Fsp3) is 0.583. The lowest BCUT2D eigenvalue weighted by Crippen LogP contribution is -2.29. The molecule has 2 heterocycles. The fourth-order valence-electron chi connectivity index (χ4n) is 2.27. The van der Waals surface area contributed by atoms with Crippen LogP contribution in [0.25, 0.3) is 0 Å². The first kappa shape index (κ1) is 15.1. The van der Waals surface area contributed by atoms with Gasteiger partial charge in [-0.1, -0.05) is 6.92 Å². The Morgan fingerprint density at radius 3 is 2.70 bits per heavy atom. The van der Waals surface area contributed by atoms with Crippen molar-refractivity contribution < 1.29 is 13.5 Å². The number of nitrogens with two attached hydrogens (primary N) is 1. The average Bonchev–Trinajstić information content (AvgIpc) is 2.89. The Hall–Kier alpha value is -1.30. The minimum Gasteiger partial charge on any atom is -0.396 e. The molecule has 1 aromatic heterocycles. The quantitative estimate of drug-likeness (QED) is 0.860. The molecule has 1 aliphatic heterocycles. The van der Waals surface area contributed by atoms with Crippen LogP contribution in [0, 0.1) is 11.3 Å². The van der Waals surface area contributed by atoms with E-state index in [4.69, 9.17) is 11.0 Å². The summed E-state index contributed by atoms with van der Waals surface area (Å²) in [6.45, 7) is 4.14. The lowest BCUT2D eigenvalue weighted by atomic mass is 10.1. The van der Waals surface area contributed by atoms with E-state index in [-0.39, 0.29) is 21.2 Å². The summed E-state index contributed by atoms with van der Waals surface area (Å²) in [5.41, 5.74) is 5.01. The molecule has 0 spiro atoms. The molecule has 0 amide bonds. The van der Waals surface area contributed by atoms with E-state index in [2.05, 4.69) is 0 Å². The summed E-state index contributed by atoms with van der Waals surface area (Å²) in [7, 11) is -3.51. The molecule has 0 aliphatic carbocycles. The Kier molecular flexibility index (Phi) is 3.71. The lowest BCUT2D eigenvalue weighted by Gasteiger charge is -2.20. The number of anilines is 2. The number of nitrogen functional groups attached to an aromatic ring is 1. The van der Waals surface area contributed by atoms with E-state index in [1.807, 2.05) is 6.07 Å². The van der Waals surface area contributed by atoms with Gasteiger partial charge in [0.1, 0.15) is 20.8 Å². The molecule has 0 saturated carbocycles. The van der Waals surface area contributed by atoms with Crippen LogP contribution in [-0.4, -0.2) is 38.0 Å². The molecule has 0 aromatic carbocycles. The highest BCUT2D eigenvalue weighted by atomic mass is 32.2. The van der Waals surface area contributed by atoms with Crippen LogP contribution in [0.1, 0.15) is 25.1 Å². The zero-order chi connectivity index (χ0) is 15.1. The molecule has 1 unspecified atom stereocenters. The SMILES string of the molecule is CCS(=O)(=O)c1c(N2CCC(C)(O)C2)sc(C#N)c1N. The molecule has 20 heavy (non-hydrogen) atoms. The third-order valence-corrected chi connectivity index (χ3v) is 6.51. The van der Waals surface area contributed by atoms with Crippen molar-refractivity contribution in [2.45, 2.75) is 30.8 Å². The molecule has 6 nitrogen and oxygen atoms in total. The third kappa shape index (κ3) is 2.49. The van der Waals surface area contributed by atoms with Gasteiger partial charge in [0.05, 0.1) is 17.0 Å². The summed E-state index contributed by atoms with van der Waals surface area (Å²) in [6, 6.07) is 1.94. The molecule has 2 rings (SSSR count). The Morgan fingerprint density at radius 2 is 2.25 bits per heavy atom. The zero-order valence-corrected chi connectivity index (χ0v) is 13.0. The van der Waals surface area contributed by atoms with Crippen LogP contribution in [-0.2, 0) is 9.84 Å². The van der Waals surface area contributed by atoms with Crippen LogP contribution in [0.3, 0.4) is 0 Å². The summed E-state index contributed by atoms with van der Waals surface area (Å²) in [4.78, 5) is 2.04. The standard InChI is InChI=1S/C12H17N3O3S2/c1-3-20(17,18)10-9(14)8(6-13)19-11(10)15-5-4-12(2,16)7-15/h16H,3-5,7,14H2,1-2H3. The second-order valence-corrected chi connectivity index (χ2v) is 8.38. The number of rotatable bonds is 3. The smallest absolute Gasteiger partial charge is 0.183 e. The highest BCUT2D eigenvalue weighted by Gasteiger charge is 2.36. The number of aliphatic hydroxyl groups is 1. The van der Waals surface area contributed by atoms with E-state index < -0.39 is 15.4 Å². The molecule has 3 N–H and O–H groups in total. The summed E-state index contributed by atoms with van der Waals surface area (Å²) < 4.78 is 24.4. The van der Waals surface area contributed by atoms with Gasteiger partial charge in [-0.25, -0.2) is 8.42 Å². The van der Waals surface area contributed by atoms with Crippen molar-refractivity contribution >= 4 is 31.9 Å². The summed E-state index contributed by atoms with van der Waals surface area (Å²) in [6.07, 6.45) is 0.554. The summed E-state index contributed by atoms with van der Waals surface area (Å²) >= 11 is 1.08. The van der Waals surface area contributed by atoms with E-state index in [1.165, 1.54) is 0 Å². The van der Waals surface area contributed by atoms with Gasteiger partial charge in [0.15, 0.2) is 9.84 Å². The monoisotopic (exact) mass is 315 g/mol. The average molecular weight is 315 g/mol. The summed E-state index contributed by atoms with van der Waals surface area (Å²) in [5.74, 6) is -0.0734. The number of nitrogens with zero attached hydrogens (tertiary/aromatic N) is 2. The molecule has 0 bridgehead atoms. The predicted octanol–water partition coefficient (Wildman–Crippen LogP) is 0.957. The maximum absolute atomic E-state index is 12.2. The van der Waals surface area contributed by atoms with Crippen LogP contribution in [0.4, 0.5) is 10.7 Å². The largest absolute Gasteiger partial charge is 0.396 e. The Morgan fingerprint density at radius 1 is 1.60 bits per heavy atom. The molecular weight excluding hydrogens is 298 g/mol. The number of hydrogen-bond acceptors (Lipinski definition) is 7. The van der Waals surface area contributed by atoms with Crippen LogP contribution >= 0.6 is 11.3 Å². The highest BCUT2D eigenvalue weighted by Crippen LogP contribution is 2.43. The number of hydrogen-bond donors (Lipinski definition) is 2. The minimum absolute atomic E-state index is 0.0286. The number of thiophene rings is 1. The molecular formula is C12H17N3O3S2. The molecule has 1 aromatic rings. The molecule has 1 atom stereocenters. The molecule has 1 aliphatic rings. The summed E-state index contributed by atoms with van der Waals surface area (Å²) in [5, 5.41) is 19.6. The van der Waals surface area contributed by atoms with E-state index in [0.29, 0.717) is 24.5 Å². The maximum Gasteiger partial charge on any atom is 0.183 e. The molecule has 110 valence electrons. The fourth-order valence-corrected chi connectivity index (χ4v) is 4.90. The van der Waals surface area contributed by atoms with Gasteiger partial charge in [-0.05, 0) is 13.3 Å². The number of nitriles is 1.